The van der Waals surface area contributed by atoms with Gasteiger partial charge in [0.1, 0.15) is 10.7 Å². The number of aryl methyl sites for hydroxylation is 2. The number of rotatable bonds is 3. The molecule has 0 saturated carbocycles. The molecule has 0 amide bonds. The first kappa shape index (κ1) is 18.2. The van der Waals surface area contributed by atoms with E-state index in [1.165, 1.54) is 27.2 Å². The lowest BCUT2D eigenvalue weighted by Gasteiger charge is -2.37. The average molecular weight is 383 g/mol. The van der Waals surface area contributed by atoms with Crippen LogP contribution in [0.5, 0.6) is 0 Å². The monoisotopic (exact) mass is 382 g/mol. The number of anilines is 1. The summed E-state index contributed by atoms with van der Waals surface area (Å²) >= 11 is 5.94. The lowest BCUT2D eigenvalue weighted by molar-refractivity contribution is 0.384. The lowest BCUT2D eigenvalue weighted by atomic mass is 10.1. The van der Waals surface area contributed by atoms with Gasteiger partial charge in [-0.05, 0) is 43.2 Å². The minimum Gasteiger partial charge on any atom is -0.368 e. The molecule has 1 aliphatic heterocycles. The van der Waals surface area contributed by atoms with Crippen LogP contribution in [0.1, 0.15) is 11.1 Å². The van der Waals surface area contributed by atoms with E-state index >= 15 is 0 Å². The van der Waals surface area contributed by atoms with Crippen LogP contribution in [-0.4, -0.2) is 38.9 Å². The summed E-state index contributed by atoms with van der Waals surface area (Å²) in [5.41, 5.74) is 3.52. The summed E-state index contributed by atoms with van der Waals surface area (Å²) in [5, 5.41) is -0.0859. The van der Waals surface area contributed by atoms with Crippen LogP contribution in [0.4, 0.5) is 10.1 Å². The maximum atomic E-state index is 13.2. The molecule has 1 saturated heterocycles. The number of nitrogens with zero attached hydrogens (tertiary/aromatic N) is 2. The molecule has 0 N–H and O–H groups in total. The maximum absolute atomic E-state index is 13.2. The van der Waals surface area contributed by atoms with Gasteiger partial charge in [0.25, 0.3) is 0 Å². The fourth-order valence-corrected chi connectivity index (χ4v) is 5.21. The predicted molar refractivity (Wildman–Crippen MR) is 98.3 cm³/mol. The molecule has 0 bridgehead atoms. The summed E-state index contributed by atoms with van der Waals surface area (Å²) < 4.78 is 40.2. The van der Waals surface area contributed by atoms with Gasteiger partial charge in [-0.25, -0.2) is 12.8 Å². The van der Waals surface area contributed by atoms with Crippen molar-refractivity contribution in [3.63, 3.8) is 0 Å². The number of halogens is 2. The Balaban J connectivity index is 1.80. The normalized spacial score (nSPS) is 16.2. The first-order valence-electron chi connectivity index (χ1n) is 8.07. The van der Waals surface area contributed by atoms with Gasteiger partial charge < -0.3 is 4.90 Å². The molecule has 3 rings (SSSR count). The molecule has 0 unspecified atom stereocenters. The first-order chi connectivity index (χ1) is 11.8. The van der Waals surface area contributed by atoms with Gasteiger partial charge in [0, 0.05) is 31.9 Å². The highest BCUT2D eigenvalue weighted by Crippen LogP contribution is 2.29. The van der Waals surface area contributed by atoms with Crippen LogP contribution in [0, 0.1) is 19.7 Å². The number of sulfonamides is 1. The van der Waals surface area contributed by atoms with Crippen LogP contribution in [0.25, 0.3) is 0 Å². The van der Waals surface area contributed by atoms with E-state index in [0.29, 0.717) is 26.2 Å². The standard InChI is InChI=1S/C18H20ClFN2O2S/c1-13-4-3-5-14(2)18(13)21-8-10-22(11-9-21)25(23,24)17-7-6-15(20)12-16(17)19/h3-7,12H,8-11H2,1-2H3. The van der Waals surface area contributed by atoms with E-state index in [2.05, 4.69) is 30.9 Å². The Morgan fingerprint density at radius 3 is 2.16 bits per heavy atom. The molecule has 1 fully saturated rings. The summed E-state index contributed by atoms with van der Waals surface area (Å²) in [5.74, 6) is -0.552. The Labute approximate surface area is 152 Å². The van der Waals surface area contributed by atoms with E-state index in [1.54, 1.807) is 0 Å². The Bertz CT molecular complexity index is 874. The molecule has 2 aromatic carbocycles. The number of para-hydroxylation sites is 1. The van der Waals surface area contributed by atoms with Gasteiger partial charge in [-0.15, -0.1) is 0 Å². The number of hydrogen-bond donors (Lipinski definition) is 0. The summed E-state index contributed by atoms with van der Waals surface area (Å²) in [4.78, 5) is 2.17. The van der Waals surface area contributed by atoms with Crippen LogP contribution >= 0.6 is 11.6 Å². The van der Waals surface area contributed by atoms with Crippen molar-refractivity contribution in [1.29, 1.82) is 0 Å². The molecule has 4 nitrogen and oxygen atoms in total. The van der Waals surface area contributed by atoms with Gasteiger partial charge in [-0.1, -0.05) is 29.8 Å². The van der Waals surface area contributed by atoms with Crippen molar-refractivity contribution in [1.82, 2.24) is 4.31 Å². The third-order valence-electron chi connectivity index (χ3n) is 4.51. The molecule has 1 aliphatic rings. The highest BCUT2D eigenvalue weighted by atomic mass is 35.5. The van der Waals surface area contributed by atoms with E-state index in [-0.39, 0.29) is 9.92 Å². The second-order valence-corrected chi connectivity index (χ2v) is 8.52. The van der Waals surface area contributed by atoms with Crippen molar-refractivity contribution in [2.24, 2.45) is 0 Å². The van der Waals surface area contributed by atoms with E-state index in [9.17, 15) is 12.8 Å². The smallest absolute Gasteiger partial charge is 0.244 e. The summed E-state index contributed by atoms with van der Waals surface area (Å²) in [7, 11) is -3.73. The zero-order valence-corrected chi connectivity index (χ0v) is 15.7. The first-order valence-corrected chi connectivity index (χ1v) is 9.89. The molecule has 134 valence electrons. The Morgan fingerprint density at radius 1 is 1.00 bits per heavy atom. The Kier molecular flexibility index (Phi) is 5.04. The van der Waals surface area contributed by atoms with Crippen LogP contribution < -0.4 is 4.90 Å². The second-order valence-electron chi connectivity index (χ2n) is 6.21. The van der Waals surface area contributed by atoms with Crippen molar-refractivity contribution >= 4 is 27.3 Å². The fraction of sp³-hybridized carbons (Fsp3) is 0.333. The van der Waals surface area contributed by atoms with Crippen molar-refractivity contribution in [2.75, 3.05) is 31.1 Å². The average Bonchev–Trinajstić information content (AvgIpc) is 2.55. The zero-order valence-electron chi connectivity index (χ0n) is 14.2. The Hall–Kier alpha value is -1.63. The van der Waals surface area contributed by atoms with E-state index in [0.717, 1.165) is 12.1 Å². The zero-order chi connectivity index (χ0) is 18.2. The molecule has 25 heavy (non-hydrogen) atoms. The number of hydrogen-bond acceptors (Lipinski definition) is 3. The van der Waals surface area contributed by atoms with Gasteiger partial charge in [-0.2, -0.15) is 4.31 Å². The quantitative estimate of drug-likeness (QED) is 0.814. The summed E-state index contributed by atoms with van der Waals surface area (Å²) in [6.07, 6.45) is 0. The van der Waals surface area contributed by atoms with Gasteiger partial charge in [0.05, 0.1) is 5.02 Å². The predicted octanol–water partition coefficient (Wildman–Crippen LogP) is 3.61. The van der Waals surface area contributed by atoms with E-state index in [1.807, 2.05) is 6.07 Å². The highest BCUT2D eigenvalue weighted by molar-refractivity contribution is 7.89. The van der Waals surface area contributed by atoms with Gasteiger partial charge in [0.15, 0.2) is 0 Å². The molecular weight excluding hydrogens is 363 g/mol. The van der Waals surface area contributed by atoms with Crippen molar-refractivity contribution in [3.8, 4) is 0 Å². The largest absolute Gasteiger partial charge is 0.368 e. The minimum atomic E-state index is -3.73. The molecule has 0 aliphatic carbocycles. The topological polar surface area (TPSA) is 40.6 Å². The highest BCUT2D eigenvalue weighted by Gasteiger charge is 2.30. The molecule has 1 heterocycles. The SMILES string of the molecule is Cc1cccc(C)c1N1CCN(S(=O)(=O)c2ccc(F)cc2Cl)CC1. The molecule has 0 radical (unpaired) electrons. The van der Waals surface area contributed by atoms with Crippen LogP contribution in [-0.2, 0) is 10.0 Å². The van der Waals surface area contributed by atoms with Crippen LogP contribution in [0.3, 0.4) is 0 Å². The molecule has 0 spiro atoms. The molecule has 2 aromatic rings. The number of benzene rings is 2. The molecule has 7 heteroatoms. The van der Waals surface area contributed by atoms with Gasteiger partial charge >= 0.3 is 0 Å². The van der Waals surface area contributed by atoms with Crippen molar-refractivity contribution in [2.45, 2.75) is 18.7 Å². The molecule has 0 aromatic heterocycles. The van der Waals surface area contributed by atoms with Crippen LogP contribution in [0.2, 0.25) is 5.02 Å². The van der Waals surface area contributed by atoms with Gasteiger partial charge in [0.2, 0.25) is 10.0 Å². The van der Waals surface area contributed by atoms with E-state index in [4.69, 9.17) is 11.6 Å². The third kappa shape index (κ3) is 3.52. The summed E-state index contributed by atoms with van der Waals surface area (Å²) in [6, 6.07) is 9.51. The number of piperazine rings is 1. The van der Waals surface area contributed by atoms with E-state index < -0.39 is 15.8 Å². The van der Waals surface area contributed by atoms with Crippen molar-refractivity contribution in [3.05, 3.63) is 58.4 Å². The second kappa shape index (κ2) is 6.94. The molecular formula is C18H20ClFN2O2S. The minimum absolute atomic E-state index is 0.0453. The molecule has 0 atom stereocenters. The third-order valence-corrected chi connectivity index (χ3v) is 6.89. The summed E-state index contributed by atoms with van der Waals surface area (Å²) in [6.45, 7) is 6.05. The fourth-order valence-electron chi connectivity index (χ4n) is 3.28. The maximum Gasteiger partial charge on any atom is 0.244 e. The van der Waals surface area contributed by atoms with Crippen LogP contribution in [0.15, 0.2) is 41.3 Å². The Morgan fingerprint density at radius 2 is 1.60 bits per heavy atom. The van der Waals surface area contributed by atoms with Gasteiger partial charge in [-0.3, -0.25) is 0 Å². The van der Waals surface area contributed by atoms with Crippen molar-refractivity contribution < 1.29 is 12.8 Å². The lowest BCUT2D eigenvalue weighted by Crippen LogP contribution is -2.49.